The quantitative estimate of drug-likeness (QED) is 0.616. The van der Waals surface area contributed by atoms with Gasteiger partial charge in [0.1, 0.15) is 24.4 Å². The Kier molecular flexibility index (Phi) is 7.75. The molecule has 156 valence electrons. The molecule has 29 heavy (non-hydrogen) atoms. The summed E-state index contributed by atoms with van der Waals surface area (Å²) in [5, 5.41) is 22.9. The third-order valence-electron chi connectivity index (χ3n) is 3.90. The number of aliphatic hydroxyl groups excluding tert-OH is 2. The number of carbonyl (C=O) groups excluding carboxylic acids is 2. The molecule has 2 rings (SSSR count). The molecular formula is C22H27NO6. The number of nitrogens with one attached hydrogen (secondary N) is 1. The highest BCUT2D eigenvalue weighted by Gasteiger charge is 2.22. The maximum absolute atomic E-state index is 12.2. The van der Waals surface area contributed by atoms with Crippen LogP contribution in [0.3, 0.4) is 0 Å². The second-order valence-corrected chi connectivity index (χ2v) is 7.58. The topological polar surface area (TPSA) is 105 Å². The summed E-state index contributed by atoms with van der Waals surface area (Å²) in [7, 11) is 0. The lowest BCUT2D eigenvalue weighted by atomic mass is 10.0. The van der Waals surface area contributed by atoms with Gasteiger partial charge in [0.15, 0.2) is 0 Å². The van der Waals surface area contributed by atoms with Gasteiger partial charge in [-0.25, -0.2) is 9.59 Å². The number of amides is 1. The molecule has 0 bridgehead atoms. The van der Waals surface area contributed by atoms with E-state index in [-0.39, 0.29) is 18.7 Å². The molecule has 2 atom stereocenters. The summed E-state index contributed by atoms with van der Waals surface area (Å²) in [5.74, 6) is -0.524. The van der Waals surface area contributed by atoms with Crippen molar-refractivity contribution in [3.8, 4) is 0 Å². The fraction of sp³-hybridized carbons (Fsp3) is 0.364. The maximum Gasteiger partial charge on any atom is 0.407 e. The first kappa shape index (κ1) is 22.4. The number of ether oxygens (including phenoxy) is 2. The average Bonchev–Trinajstić information content (AvgIpc) is 2.69. The molecular weight excluding hydrogens is 374 g/mol. The summed E-state index contributed by atoms with van der Waals surface area (Å²) in [6.07, 6.45) is -3.29. The lowest BCUT2D eigenvalue weighted by Crippen LogP contribution is -2.35. The third-order valence-corrected chi connectivity index (χ3v) is 3.90. The highest BCUT2D eigenvalue weighted by Crippen LogP contribution is 2.20. The first-order chi connectivity index (χ1) is 13.7. The van der Waals surface area contributed by atoms with Crippen LogP contribution in [-0.2, 0) is 16.1 Å². The number of alkyl carbamates (subject to hydrolysis) is 1. The lowest BCUT2D eigenvalue weighted by Gasteiger charge is -2.21. The van der Waals surface area contributed by atoms with Crippen LogP contribution in [0.25, 0.3) is 0 Å². The van der Waals surface area contributed by atoms with E-state index in [1.165, 1.54) is 6.07 Å². The molecule has 0 aromatic heterocycles. The molecule has 0 saturated carbocycles. The summed E-state index contributed by atoms with van der Waals surface area (Å²) < 4.78 is 10.4. The normalized spacial score (nSPS) is 13.3. The Morgan fingerprint density at radius 2 is 1.72 bits per heavy atom. The van der Waals surface area contributed by atoms with Gasteiger partial charge in [-0.05, 0) is 44.0 Å². The van der Waals surface area contributed by atoms with Crippen LogP contribution in [0.2, 0.25) is 0 Å². The van der Waals surface area contributed by atoms with E-state index >= 15 is 0 Å². The minimum Gasteiger partial charge on any atom is -0.456 e. The number of esters is 1. The number of benzene rings is 2. The van der Waals surface area contributed by atoms with E-state index in [1.807, 2.05) is 30.3 Å². The van der Waals surface area contributed by atoms with Crippen molar-refractivity contribution >= 4 is 12.1 Å². The van der Waals surface area contributed by atoms with Crippen LogP contribution < -0.4 is 5.32 Å². The van der Waals surface area contributed by atoms with Gasteiger partial charge in [0.25, 0.3) is 0 Å². The van der Waals surface area contributed by atoms with Crippen molar-refractivity contribution in [1.82, 2.24) is 5.32 Å². The van der Waals surface area contributed by atoms with E-state index in [1.54, 1.807) is 39.0 Å². The molecule has 0 radical (unpaired) electrons. The Hall–Kier alpha value is -2.90. The SMILES string of the molecule is CC(C)(C)OC(=O)c1cccc(C(O)C(O)CNC(=O)OCc2ccccc2)c1. The summed E-state index contributed by atoms with van der Waals surface area (Å²) in [6, 6.07) is 15.4. The molecule has 0 heterocycles. The van der Waals surface area contributed by atoms with Gasteiger partial charge < -0.3 is 25.0 Å². The van der Waals surface area contributed by atoms with E-state index in [0.29, 0.717) is 5.56 Å². The molecule has 1 amide bonds. The van der Waals surface area contributed by atoms with Gasteiger partial charge in [-0.15, -0.1) is 0 Å². The number of hydrogen-bond acceptors (Lipinski definition) is 6. The number of carbonyl (C=O) groups is 2. The van der Waals surface area contributed by atoms with Crippen molar-refractivity contribution in [2.24, 2.45) is 0 Å². The largest absolute Gasteiger partial charge is 0.456 e. The molecule has 2 aromatic carbocycles. The second kappa shape index (κ2) is 10.0. The summed E-state index contributed by atoms with van der Waals surface area (Å²) in [5.41, 5.74) is 0.788. The van der Waals surface area contributed by atoms with Crippen molar-refractivity contribution < 1.29 is 29.3 Å². The highest BCUT2D eigenvalue weighted by atomic mass is 16.6. The minimum absolute atomic E-state index is 0.100. The van der Waals surface area contributed by atoms with Crippen molar-refractivity contribution in [3.63, 3.8) is 0 Å². The van der Waals surface area contributed by atoms with Gasteiger partial charge >= 0.3 is 12.1 Å². The Balaban J connectivity index is 1.87. The predicted molar refractivity (Wildman–Crippen MR) is 107 cm³/mol. The second-order valence-electron chi connectivity index (χ2n) is 7.58. The molecule has 0 aliphatic heterocycles. The van der Waals surface area contributed by atoms with Gasteiger partial charge in [-0.2, -0.15) is 0 Å². The van der Waals surface area contributed by atoms with E-state index < -0.39 is 29.9 Å². The maximum atomic E-state index is 12.2. The van der Waals surface area contributed by atoms with Gasteiger partial charge in [-0.3, -0.25) is 0 Å². The van der Waals surface area contributed by atoms with Crippen LogP contribution >= 0.6 is 0 Å². The van der Waals surface area contributed by atoms with Gasteiger partial charge in [0.05, 0.1) is 5.56 Å². The third kappa shape index (κ3) is 7.56. The van der Waals surface area contributed by atoms with E-state index in [0.717, 1.165) is 5.56 Å². The van der Waals surface area contributed by atoms with E-state index in [4.69, 9.17) is 9.47 Å². The Morgan fingerprint density at radius 3 is 2.38 bits per heavy atom. The van der Waals surface area contributed by atoms with E-state index in [9.17, 15) is 19.8 Å². The summed E-state index contributed by atoms with van der Waals surface area (Å²) in [4.78, 5) is 23.9. The zero-order valence-corrected chi connectivity index (χ0v) is 16.8. The standard InChI is InChI=1S/C22H27NO6/c1-22(2,3)29-20(26)17-11-7-10-16(12-17)19(25)18(24)13-23-21(27)28-14-15-8-5-4-6-9-15/h4-12,18-19,24-25H,13-14H2,1-3H3,(H,23,27). The predicted octanol–water partition coefficient (Wildman–Crippen LogP) is 2.96. The summed E-state index contributed by atoms with van der Waals surface area (Å²) in [6.45, 7) is 5.16. The molecule has 2 unspecified atom stereocenters. The fourth-order valence-corrected chi connectivity index (χ4v) is 2.48. The first-order valence-corrected chi connectivity index (χ1v) is 9.30. The first-order valence-electron chi connectivity index (χ1n) is 9.30. The molecule has 0 saturated heterocycles. The van der Waals surface area contributed by atoms with Gasteiger partial charge in [-0.1, -0.05) is 42.5 Å². The van der Waals surface area contributed by atoms with Crippen LogP contribution in [0.1, 0.15) is 48.4 Å². The van der Waals surface area contributed by atoms with Gasteiger partial charge in [0.2, 0.25) is 0 Å². The zero-order valence-electron chi connectivity index (χ0n) is 16.8. The van der Waals surface area contributed by atoms with Crippen molar-refractivity contribution in [2.45, 2.75) is 45.2 Å². The Labute approximate surface area is 170 Å². The molecule has 0 aliphatic rings. The molecule has 2 aromatic rings. The monoisotopic (exact) mass is 401 g/mol. The fourth-order valence-electron chi connectivity index (χ4n) is 2.48. The van der Waals surface area contributed by atoms with Crippen LogP contribution in [-0.4, -0.2) is 40.5 Å². The average molecular weight is 401 g/mol. The lowest BCUT2D eigenvalue weighted by molar-refractivity contribution is 0.00662. The van der Waals surface area contributed by atoms with Crippen LogP contribution in [0.4, 0.5) is 4.79 Å². The molecule has 3 N–H and O–H groups in total. The number of aliphatic hydroxyl groups is 2. The number of hydrogen-bond donors (Lipinski definition) is 3. The Morgan fingerprint density at radius 1 is 1.03 bits per heavy atom. The van der Waals surface area contributed by atoms with Crippen LogP contribution in [0.15, 0.2) is 54.6 Å². The van der Waals surface area contributed by atoms with Crippen molar-refractivity contribution in [1.29, 1.82) is 0 Å². The highest BCUT2D eigenvalue weighted by molar-refractivity contribution is 5.89. The molecule has 0 spiro atoms. The molecule has 7 heteroatoms. The van der Waals surface area contributed by atoms with Crippen LogP contribution in [0, 0.1) is 0 Å². The van der Waals surface area contributed by atoms with Crippen molar-refractivity contribution in [2.75, 3.05) is 6.54 Å². The van der Waals surface area contributed by atoms with Crippen LogP contribution in [0.5, 0.6) is 0 Å². The number of rotatable bonds is 7. The smallest absolute Gasteiger partial charge is 0.407 e. The zero-order chi connectivity index (χ0) is 21.4. The molecule has 0 aliphatic carbocycles. The Bertz CT molecular complexity index is 816. The minimum atomic E-state index is -1.30. The van der Waals surface area contributed by atoms with Gasteiger partial charge in [0, 0.05) is 6.54 Å². The van der Waals surface area contributed by atoms with E-state index in [2.05, 4.69) is 5.32 Å². The molecule has 0 fully saturated rings. The molecule has 7 nitrogen and oxygen atoms in total. The summed E-state index contributed by atoms with van der Waals surface area (Å²) >= 11 is 0. The van der Waals surface area contributed by atoms with Crippen molar-refractivity contribution in [3.05, 3.63) is 71.3 Å².